The third kappa shape index (κ3) is 3.47. The maximum absolute atomic E-state index is 10.5. The van der Waals surface area contributed by atoms with Crippen LogP contribution in [0.4, 0.5) is 0 Å². The van der Waals surface area contributed by atoms with Crippen LogP contribution in [0.25, 0.3) is 21.5 Å². The second kappa shape index (κ2) is 7.80. The van der Waals surface area contributed by atoms with Gasteiger partial charge in [-0.2, -0.15) is 0 Å². The fourth-order valence-electron chi connectivity index (χ4n) is 3.43. The molecule has 4 aromatic carbocycles. The highest BCUT2D eigenvalue weighted by atomic mass is 16.5. The summed E-state index contributed by atoms with van der Waals surface area (Å²) in [5.41, 5.74) is 0. The number of aromatic hydroxyl groups is 2. The summed E-state index contributed by atoms with van der Waals surface area (Å²) in [4.78, 5) is 0. The first-order valence-electron chi connectivity index (χ1n) is 9.56. The lowest BCUT2D eigenvalue weighted by molar-refractivity contribution is 0.324. The Labute approximate surface area is 168 Å². The summed E-state index contributed by atoms with van der Waals surface area (Å²) in [5, 5.41) is 23.5. The smallest absolute Gasteiger partial charge is 0.173 e. The first-order chi connectivity index (χ1) is 14.1. The molecule has 0 aromatic heterocycles. The van der Waals surface area contributed by atoms with Gasteiger partial charge in [0.05, 0.1) is 13.2 Å². The lowest BCUT2D eigenvalue weighted by Crippen LogP contribution is -1.97. The van der Waals surface area contributed by atoms with Gasteiger partial charge in [-0.05, 0) is 44.2 Å². The Morgan fingerprint density at radius 3 is 2.14 bits per heavy atom. The zero-order chi connectivity index (χ0) is 20.4. The topological polar surface area (TPSA) is 68.2 Å². The molecule has 4 rings (SSSR count). The Kier molecular flexibility index (Phi) is 5.04. The molecule has 0 heterocycles. The zero-order valence-corrected chi connectivity index (χ0v) is 16.3. The minimum absolute atomic E-state index is 0.118. The van der Waals surface area contributed by atoms with Gasteiger partial charge in [0.15, 0.2) is 11.5 Å². The molecule has 0 atom stereocenters. The van der Waals surface area contributed by atoms with Crippen molar-refractivity contribution in [3.8, 4) is 34.5 Å². The molecule has 0 bridgehead atoms. The van der Waals surface area contributed by atoms with Gasteiger partial charge in [-0.15, -0.1) is 0 Å². The van der Waals surface area contributed by atoms with Gasteiger partial charge in [-0.3, -0.25) is 0 Å². The third-order valence-electron chi connectivity index (χ3n) is 4.68. The average molecular weight is 390 g/mol. The van der Waals surface area contributed by atoms with Crippen LogP contribution in [0, 0.1) is 0 Å². The van der Waals surface area contributed by atoms with E-state index < -0.39 is 0 Å². The molecule has 0 saturated carbocycles. The van der Waals surface area contributed by atoms with Crippen LogP contribution in [0.3, 0.4) is 0 Å². The Morgan fingerprint density at radius 1 is 0.655 bits per heavy atom. The number of hydrogen-bond donors (Lipinski definition) is 2. The molecule has 29 heavy (non-hydrogen) atoms. The van der Waals surface area contributed by atoms with Crippen molar-refractivity contribution in [2.45, 2.75) is 13.8 Å². The van der Waals surface area contributed by atoms with E-state index in [1.807, 2.05) is 44.2 Å². The number of fused-ring (bicyclic) bond motifs is 2. The van der Waals surface area contributed by atoms with Crippen molar-refractivity contribution in [1.82, 2.24) is 0 Å². The average Bonchev–Trinajstić information content (AvgIpc) is 2.73. The van der Waals surface area contributed by atoms with Gasteiger partial charge in [0.1, 0.15) is 23.0 Å². The van der Waals surface area contributed by atoms with E-state index in [1.54, 1.807) is 30.3 Å². The zero-order valence-electron chi connectivity index (χ0n) is 16.3. The minimum atomic E-state index is 0.118. The fourth-order valence-corrected chi connectivity index (χ4v) is 3.43. The number of phenolic OH excluding ortho intramolecular Hbond substituents is 2. The molecule has 0 amide bonds. The predicted octanol–water partition coefficient (Wildman–Crippen LogP) is 5.99. The van der Waals surface area contributed by atoms with Gasteiger partial charge in [0, 0.05) is 27.6 Å². The molecule has 4 aromatic rings. The lowest BCUT2D eigenvalue weighted by atomic mass is 10.1. The quantitative estimate of drug-likeness (QED) is 0.423. The van der Waals surface area contributed by atoms with Crippen LogP contribution >= 0.6 is 0 Å². The third-order valence-corrected chi connectivity index (χ3v) is 4.68. The van der Waals surface area contributed by atoms with E-state index in [0.717, 1.165) is 10.8 Å². The van der Waals surface area contributed by atoms with E-state index in [1.165, 1.54) is 0 Å². The van der Waals surface area contributed by atoms with E-state index in [0.29, 0.717) is 47.0 Å². The Bertz CT molecular complexity index is 1180. The summed E-state index contributed by atoms with van der Waals surface area (Å²) >= 11 is 0. The molecular formula is C24H22O5. The molecule has 0 unspecified atom stereocenters. The van der Waals surface area contributed by atoms with Crippen molar-refractivity contribution in [3.63, 3.8) is 0 Å². The highest BCUT2D eigenvalue weighted by molar-refractivity contribution is 5.96. The second-order valence-electron chi connectivity index (χ2n) is 6.53. The number of ether oxygens (including phenoxy) is 3. The Morgan fingerprint density at radius 2 is 1.38 bits per heavy atom. The molecule has 0 aliphatic carbocycles. The Hall–Kier alpha value is -3.60. The fraction of sp³-hybridized carbons (Fsp3) is 0.167. The van der Waals surface area contributed by atoms with Crippen LogP contribution in [0.1, 0.15) is 13.8 Å². The van der Waals surface area contributed by atoms with Gasteiger partial charge in [0.25, 0.3) is 0 Å². The maximum Gasteiger partial charge on any atom is 0.173 e. The summed E-state index contributed by atoms with van der Waals surface area (Å²) in [6.07, 6.45) is 0. The van der Waals surface area contributed by atoms with E-state index in [9.17, 15) is 10.2 Å². The molecule has 2 N–H and O–H groups in total. The van der Waals surface area contributed by atoms with Crippen molar-refractivity contribution in [2.24, 2.45) is 0 Å². The van der Waals surface area contributed by atoms with Gasteiger partial charge in [0.2, 0.25) is 0 Å². The van der Waals surface area contributed by atoms with E-state index in [2.05, 4.69) is 0 Å². The van der Waals surface area contributed by atoms with E-state index in [-0.39, 0.29) is 11.5 Å². The summed E-state index contributed by atoms with van der Waals surface area (Å²) in [6.45, 7) is 4.78. The molecule has 0 saturated heterocycles. The van der Waals surface area contributed by atoms with Crippen molar-refractivity contribution in [1.29, 1.82) is 0 Å². The number of hydrogen-bond acceptors (Lipinski definition) is 5. The van der Waals surface area contributed by atoms with Crippen molar-refractivity contribution in [3.05, 3.63) is 60.7 Å². The summed E-state index contributed by atoms with van der Waals surface area (Å²) < 4.78 is 17.6. The first-order valence-corrected chi connectivity index (χ1v) is 9.56. The van der Waals surface area contributed by atoms with Crippen molar-refractivity contribution < 1.29 is 24.4 Å². The molecule has 0 aliphatic heterocycles. The van der Waals surface area contributed by atoms with Crippen LogP contribution in [0.5, 0.6) is 34.5 Å². The minimum Gasteiger partial charge on any atom is -0.507 e. The summed E-state index contributed by atoms with van der Waals surface area (Å²) in [7, 11) is 0. The monoisotopic (exact) mass is 390 g/mol. The number of rotatable bonds is 6. The second-order valence-corrected chi connectivity index (χ2v) is 6.53. The maximum atomic E-state index is 10.5. The molecule has 0 spiro atoms. The largest absolute Gasteiger partial charge is 0.507 e. The molecule has 0 aliphatic rings. The lowest BCUT2D eigenvalue weighted by Gasteiger charge is -2.16. The van der Waals surface area contributed by atoms with Crippen LogP contribution in [0.2, 0.25) is 0 Å². The highest BCUT2D eigenvalue weighted by Gasteiger charge is 2.16. The van der Waals surface area contributed by atoms with Crippen molar-refractivity contribution >= 4 is 21.5 Å². The van der Waals surface area contributed by atoms with Crippen LogP contribution in [0.15, 0.2) is 60.7 Å². The predicted molar refractivity (Wildman–Crippen MR) is 114 cm³/mol. The van der Waals surface area contributed by atoms with Gasteiger partial charge in [-0.1, -0.05) is 24.3 Å². The van der Waals surface area contributed by atoms with Gasteiger partial charge in [-0.25, -0.2) is 0 Å². The standard InChI is InChI=1S/C24H22O5/c1-3-27-22-12-11-20(25)17-10-9-15(13-19(17)22)29-23-14-21(26)16-7-5-6-8-18(16)24(23)28-4-2/h5-14,25-26H,3-4H2,1-2H3. The van der Waals surface area contributed by atoms with Crippen LogP contribution in [-0.2, 0) is 0 Å². The molecule has 5 nitrogen and oxygen atoms in total. The summed E-state index contributed by atoms with van der Waals surface area (Å²) in [6, 6.07) is 17.7. The molecule has 0 radical (unpaired) electrons. The normalized spacial score (nSPS) is 11.0. The molecule has 5 heteroatoms. The molecule has 148 valence electrons. The number of phenols is 2. The Balaban J connectivity index is 1.83. The highest BCUT2D eigenvalue weighted by Crippen LogP contribution is 2.44. The number of benzene rings is 4. The van der Waals surface area contributed by atoms with Crippen LogP contribution < -0.4 is 14.2 Å². The summed E-state index contributed by atoms with van der Waals surface area (Å²) in [5.74, 6) is 2.49. The first kappa shape index (κ1) is 18.7. The molecule has 0 fully saturated rings. The molecular weight excluding hydrogens is 368 g/mol. The van der Waals surface area contributed by atoms with Gasteiger partial charge >= 0.3 is 0 Å². The van der Waals surface area contributed by atoms with Gasteiger partial charge < -0.3 is 24.4 Å². The SMILES string of the molecule is CCOc1ccc(O)c2ccc(Oc3cc(O)c4ccccc4c3OCC)cc12. The van der Waals surface area contributed by atoms with E-state index >= 15 is 0 Å². The van der Waals surface area contributed by atoms with E-state index in [4.69, 9.17) is 14.2 Å². The van der Waals surface area contributed by atoms with Crippen LogP contribution in [-0.4, -0.2) is 23.4 Å². The van der Waals surface area contributed by atoms with Crippen molar-refractivity contribution in [2.75, 3.05) is 13.2 Å².